The fourth-order valence-electron chi connectivity index (χ4n) is 6.29. The largest absolute Gasteiger partial charge is 0.392 e. The van der Waals surface area contributed by atoms with Crippen LogP contribution in [0.25, 0.3) is 0 Å². The zero-order chi connectivity index (χ0) is 17.0. The Kier molecular flexibility index (Phi) is 3.79. The molecular weight excluding hydrogens is 310 g/mol. The lowest BCUT2D eigenvalue weighted by Gasteiger charge is -2.59. The Morgan fingerprint density at radius 3 is 2.88 bits per heavy atom. The molecule has 1 aliphatic heterocycles. The van der Waals surface area contributed by atoms with Gasteiger partial charge in [0.15, 0.2) is 0 Å². The molecule has 0 radical (unpaired) electrons. The molecule has 1 N–H and O–H groups in total. The molecule has 1 aromatic rings. The smallest absolute Gasteiger partial charge is 0.133 e. The van der Waals surface area contributed by atoms with E-state index in [-0.39, 0.29) is 12.0 Å². The van der Waals surface area contributed by atoms with Gasteiger partial charge in [-0.15, -0.1) is 0 Å². The number of ketones is 1. The summed E-state index contributed by atoms with van der Waals surface area (Å²) in [5, 5.41) is 9.61. The Hall–Kier alpha value is -1.19. The first-order valence-electron chi connectivity index (χ1n) is 10.2. The van der Waals surface area contributed by atoms with Gasteiger partial charge >= 0.3 is 0 Å². The Labute approximate surface area is 150 Å². The van der Waals surface area contributed by atoms with Gasteiger partial charge in [-0.3, -0.25) is 9.69 Å². The number of carbonyl (C=O) groups is 1. The van der Waals surface area contributed by atoms with Crippen molar-refractivity contribution in [1.82, 2.24) is 4.90 Å². The molecule has 2 saturated carbocycles. The highest BCUT2D eigenvalue weighted by Gasteiger charge is 2.55. The summed E-state index contributed by atoms with van der Waals surface area (Å²) in [5.74, 6) is 1.99. The van der Waals surface area contributed by atoms with Crippen LogP contribution >= 0.6 is 0 Å². The molecule has 1 heterocycles. The molecule has 1 saturated heterocycles. The van der Waals surface area contributed by atoms with Gasteiger partial charge in [0.2, 0.25) is 0 Å². The first-order chi connectivity index (χ1) is 12.2. The predicted octanol–water partition coefficient (Wildman–Crippen LogP) is 3.22. The summed E-state index contributed by atoms with van der Waals surface area (Å²) < 4.78 is 0. The molecule has 1 aromatic carbocycles. The van der Waals surface area contributed by atoms with E-state index in [0.29, 0.717) is 17.7 Å². The van der Waals surface area contributed by atoms with Crippen molar-refractivity contribution >= 4 is 5.78 Å². The maximum Gasteiger partial charge on any atom is 0.133 e. The first-order valence-corrected chi connectivity index (χ1v) is 10.2. The van der Waals surface area contributed by atoms with E-state index in [1.54, 1.807) is 0 Å². The highest BCUT2D eigenvalue weighted by molar-refractivity contribution is 5.81. The lowest BCUT2D eigenvalue weighted by atomic mass is 9.52. The summed E-state index contributed by atoms with van der Waals surface area (Å²) in [7, 11) is 0. The van der Waals surface area contributed by atoms with Crippen LogP contribution in [0.2, 0.25) is 0 Å². The number of hydrogen-bond donors (Lipinski definition) is 1. The zero-order valence-electron chi connectivity index (χ0n) is 15.0. The molecule has 0 amide bonds. The van der Waals surface area contributed by atoms with E-state index in [2.05, 4.69) is 23.1 Å². The number of aliphatic hydroxyl groups is 1. The van der Waals surface area contributed by atoms with Crippen LogP contribution in [0, 0.1) is 11.8 Å². The Morgan fingerprint density at radius 2 is 2.12 bits per heavy atom. The fourth-order valence-corrected chi connectivity index (χ4v) is 6.29. The van der Waals surface area contributed by atoms with Gasteiger partial charge in [0, 0.05) is 30.8 Å². The second-order valence-electron chi connectivity index (χ2n) is 8.98. The van der Waals surface area contributed by atoms with Crippen molar-refractivity contribution in [2.45, 2.75) is 69.4 Å². The van der Waals surface area contributed by atoms with Crippen molar-refractivity contribution in [2.75, 3.05) is 13.1 Å². The minimum Gasteiger partial charge on any atom is -0.392 e. The van der Waals surface area contributed by atoms with E-state index in [9.17, 15) is 9.90 Å². The van der Waals surface area contributed by atoms with Crippen molar-refractivity contribution in [3.05, 3.63) is 34.9 Å². The van der Waals surface area contributed by atoms with Crippen molar-refractivity contribution in [1.29, 1.82) is 0 Å². The molecule has 3 nitrogen and oxygen atoms in total. The number of fused-ring (bicyclic) bond motifs is 1. The van der Waals surface area contributed by atoms with Gasteiger partial charge in [0.25, 0.3) is 0 Å². The lowest BCUT2D eigenvalue weighted by molar-refractivity contribution is -0.127. The van der Waals surface area contributed by atoms with Crippen molar-refractivity contribution in [3.8, 4) is 0 Å². The molecule has 0 spiro atoms. The van der Waals surface area contributed by atoms with Crippen LogP contribution < -0.4 is 0 Å². The topological polar surface area (TPSA) is 40.5 Å². The van der Waals surface area contributed by atoms with Crippen LogP contribution in [0.15, 0.2) is 18.2 Å². The average molecular weight is 339 g/mol. The number of piperidine rings is 1. The van der Waals surface area contributed by atoms with E-state index in [0.717, 1.165) is 50.1 Å². The number of hydrogen-bond acceptors (Lipinski definition) is 3. The highest BCUT2D eigenvalue weighted by Crippen LogP contribution is 2.55. The van der Waals surface area contributed by atoms with Gasteiger partial charge in [0.1, 0.15) is 5.78 Å². The number of likely N-dealkylation sites (tertiary alicyclic amines) is 1. The van der Waals surface area contributed by atoms with Crippen molar-refractivity contribution < 1.29 is 9.90 Å². The minimum atomic E-state index is 0.0505. The summed E-state index contributed by atoms with van der Waals surface area (Å²) in [4.78, 5) is 15.2. The second-order valence-corrected chi connectivity index (χ2v) is 8.98. The maximum absolute atomic E-state index is 12.4. The molecule has 3 atom stereocenters. The van der Waals surface area contributed by atoms with Crippen LogP contribution in [-0.4, -0.2) is 34.9 Å². The van der Waals surface area contributed by atoms with E-state index in [1.165, 1.54) is 36.9 Å². The summed E-state index contributed by atoms with van der Waals surface area (Å²) in [6, 6.07) is 7.15. The zero-order valence-corrected chi connectivity index (χ0v) is 15.0. The maximum atomic E-state index is 12.4. The van der Waals surface area contributed by atoms with Gasteiger partial charge in [-0.2, -0.15) is 0 Å². The van der Waals surface area contributed by atoms with E-state index in [4.69, 9.17) is 0 Å². The SMILES string of the molecule is O=C1CC[C@H]2[C@H]3Cc4ccc(CO)cc4[C@@]2(CCN3CC2CCC2)C1. The third-order valence-electron chi connectivity index (χ3n) is 7.77. The van der Waals surface area contributed by atoms with Crippen LogP contribution in [0.4, 0.5) is 0 Å². The highest BCUT2D eigenvalue weighted by atomic mass is 16.3. The van der Waals surface area contributed by atoms with Gasteiger partial charge in [-0.1, -0.05) is 24.6 Å². The molecule has 3 aliphatic carbocycles. The van der Waals surface area contributed by atoms with Crippen LogP contribution in [0.5, 0.6) is 0 Å². The standard InChI is InChI=1S/C22H29NO2/c24-14-16-4-5-17-11-21-19-7-6-18(25)12-22(19,20(17)10-16)8-9-23(21)13-15-2-1-3-15/h4-5,10,15,19,21,24H,1-3,6-9,11-14H2/t19-,21+,22-/m0/s1. The van der Waals surface area contributed by atoms with Gasteiger partial charge in [0.05, 0.1) is 6.61 Å². The molecule has 3 fully saturated rings. The van der Waals surface area contributed by atoms with Crippen LogP contribution in [-0.2, 0) is 23.2 Å². The number of carbonyl (C=O) groups excluding carboxylic acids is 1. The number of rotatable bonds is 3. The summed E-state index contributed by atoms with van der Waals surface area (Å²) in [6.07, 6.45) is 9.05. The van der Waals surface area contributed by atoms with Crippen LogP contribution in [0.3, 0.4) is 0 Å². The summed E-state index contributed by atoms with van der Waals surface area (Å²) >= 11 is 0. The predicted molar refractivity (Wildman–Crippen MR) is 97.4 cm³/mol. The fraction of sp³-hybridized carbons (Fsp3) is 0.682. The molecule has 25 heavy (non-hydrogen) atoms. The van der Waals surface area contributed by atoms with Crippen molar-refractivity contribution in [2.24, 2.45) is 11.8 Å². The van der Waals surface area contributed by atoms with E-state index in [1.807, 2.05) is 0 Å². The minimum absolute atomic E-state index is 0.0505. The molecule has 0 aromatic heterocycles. The van der Waals surface area contributed by atoms with Crippen molar-refractivity contribution in [3.63, 3.8) is 0 Å². The second kappa shape index (κ2) is 5.92. The third-order valence-corrected chi connectivity index (χ3v) is 7.77. The Balaban J connectivity index is 1.55. The summed E-state index contributed by atoms with van der Waals surface area (Å²) in [6.45, 7) is 2.52. The molecular formula is C22H29NO2. The molecule has 2 bridgehead atoms. The normalized spacial score (nSPS) is 35.0. The molecule has 0 unspecified atom stereocenters. The average Bonchev–Trinajstić information content (AvgIpc) is 2.58. The van der Waals surface area contributed by atoms with Gasteiger partial charge in [-0.05, 0) is 67.2 Å². The number of benzene rings is 1. The number of Topliss-reactive ketones (excluding diaryl/α,β-unsaturated/α-hetero) is 1. The Bertz CT molecular complexity index is 695. The summed E-state index contributed by atoms with van der Waals surface area (Å²) in [5.41, 5.74) is 3.89. The third kappa shape index (κ3) is 2.43. The quantitative estimate of drug-likeness (QED) is 0.919. The molecule has 5 rings (SSSR count). The molecule has 134 valence electrons. The van der Waals surface area contributed by atoms with Gasteiger partial charge < -0.3 is 5.11 Å². The Morgan fingerprint density at radius 1 is 1.24 bits per heavy atom. The monoisotopic (exact) mass is 339 g/mol. The van der Waals surface area contributed by atoms with Crippen LogP contribution in [0.1, 0.15) is 61.6 Å². The lowest BCUT2D eigenvalue weighted by Crippen LogP contribution is -2.62. The molecule has 4 aliphatic rings. The first kappa shape index (κ1) is 16.0. The number of nitrogens with zero attached hydrogens (tertiary/aromatic N) is 1. The number of aliphatic hydroxyl groups excluding tert-OH is 1. The molecule has 3 heteroatoms. The van der Waals surface area contributed by atoms with E-state index < -0.39 is 0 Å². The van der Waals surface area contributed by atoms with Gasteiger partial charge in [-0.25, -0.2) is 0 Å². The van der Waals surface area contributed by atoms with E-state index >= 15 is 0 Å².